The van der Waals surface area contributed by atoms with Crippen molar-refractivity contribution in [3.63, 3.8) is 0 Å². The zero-order valence-electron chi connectivity index (χ0n) is 20.5. The van der Waals surface area contributed by atoms with Gasteiger partial charge in [0, 0.05) is 56.6 Å². The zero-order chi connectivity index (χ0) is 24.5. The summed E-state index contributed by atoms with van der Waals surface area (Å²) in [4.78, 5) is 24.3. The number of H-pyrrole nitrogens is 1. The molecule has 4 aromatic heterocycles. The molecule has 0 radical (unpaired) electrons. The molecule has 182 valence electrons. The van der Waals surface area contributed by atoms with Gasteiger partial charge in [-0.25, -0.2) is 15.0 Å². The quantitative estimate of drug-likeness (QED) is 0.379. The highest BCUT2D eigenvalue weighted by Crippen LogP contribution is 2.29. The summed E-state index contributed by atoms with van der Waals surface area (Å²) in [5, 5.41) is 7.45. The number of hydrogen-bond acceptors (Lipinski definition) is 8. The van der Waals surface area contributed by atoms with Crippen LogP contribution in [0.1, 0.15) is 28.5 Å². The fourth-order valence-corrected chi connectivity index (χ4v) is 4.83. The molecule has 6 rings (SSSR count). The number of rotatable bonds is 6. The second-order valence-corrected chi connectivity index (χ2v) is 9.26. The van der Waals surface area contributed by atoms with Gasteiger partial charge in [0.15, 0.2) is 0 Å². The minimum Gasteiger partial charge on any atom is -0.361 e. The first-order valence-electron chi connectivity index (χ1n) is 12.2. The van der Waals surface area contributed by atoms with E-state index in [0.717, 1.165) is 89.2 Å². The summed E-state index contributed by atoms with van der Waals surface area (Å²) in [6.07, 6.45) is 4.14. The normalized spacial score (nSPS) is 14.5. The molecule has 1 fully saturated rings. The Morgan fingerprint density at radius 2 is 1.83 bits per heavy atom. The molecule has 0 spiro atoms. The molecule has 0 amide bonds. The van der Waals surface area contributed by atoms with Crippen LogP contribution in [0.4, 0.5) is 0 Å². The summed E-state index contributed by atoms with van der Waals surface area (Å²) in [5.41, 5.74) is 8.55. The lowest BCUT2D eigenvalue weighted by Gasteiger charge is -2.27. The van der Waals surface area contributed by atoms with Gasteiger partial charge < -0.3 is 14.8 Å². The van der Waals surface area contributed by atoms with Crippen molar-refractivity contribution in [3.05, 3.63) is 77.5 Å². The minimum atomic E-state index is 0.656. The first-order chi connectivity index (χ1) is 17.6. The lowest BCUT2D eigenvalue weighted by atomic mass is 10.1. The minimum absolute atomic E-state index is 0.656. The summed E-state index contributed by atoms with van der Waals surface area (Å²) in [7, 11) is 0. The Hall–Kier alpha value is -3.95. The van der Waals surface area contributed by atoms with Gasteiger partial charge in [-0.15, -0.1) is 0 Å². The van der Waals surface area contributed by atoms with Gasteiger partial charge in [0.1, 0.15) is 17.9 Å². The third-order valence-corrected chi connectivity index (χ3v) is 6.63. The third kappa shape index (κ3) is 4.62. The molecule has 2 N–H and O–H groups in total. The van der Waals surface area contributed by atoms with Crippen LogP contribution in [0, 0.1) is 13.8 Å². The molecule has 0 saturated carbocycles. The topological polar surface area (TPSA) is 109 Å². The first kappa shape index (κ1) is 22.5. The van der Waals surface area contributed by atoms with Gasteiger partial charge in [0.2, 0.25) is 0 Å². The van der Waals surface area contributed by atoms with Gasteiger partial charge in [0.05, 0.1) is 33.7 Å². The van der Waals surface area contributed by atoms with E-state index in [0.29, 0.717) is 6.42 Å². The molecule has 1 aliphatic heterocycles. The second-order valence-electron chi connectivity index (χ2n) is 9.26. The molecule has 0 atom stereocenters. The van der Waals surface area contributed by atoms with E-state index >= 15 is 0 Å². The molecule has 9 nitrogen and oxygen atoms in total. The molecule has 5 aromatic rings. The van der Waals surface area contributed by atoms with E-state index in [-0.39, 0.29) is 0 Å². The summed E-state index contributed by atoms with van der Waals surface area (Å²) < 4.78 is 5.32. The molecule has 5 heterocycles. The molecule has 9 heteroatoms. The Balaban J connectivity index is 1.23. The molecular weight excluding hydrogens is 452 g/mol. The van der Waals surface area contributed by atoms with Crippen molar-refractivity contribution >= 4 is 11.0 Å². The lowest BCUT2D eigenvalue weighted by Crippen LogP contribution is -2.42. The van der Waals surface area contributed by atoms with Crippen LogP contribution in [0.3, 0.4) is 0 Å². The first-order valence-corrected chi connectivity index (χ1v) is 12.2. The van der Waals surface area contributed by atoms with E-state index < -0.39 is 0 Å². The monoisotopic (exact) mass is 480 g/mol. The predicted octanol–water partition coefficient (Wildman–Crippen LogP) is 3.68. The van der Waals surface area contributed by atoms with Gasteiger partial charge >= 0.3 is 0 Å². The molecule has 0 bridgehead atoms. The average Bonchev–Trinajstić information content (AvgIpc) is 3.45. The van der Waals surface area contributed by atoms with Crippen LogP contribution < -0.4 is 5.32 Å². The van der Waals surface area contributed by atoms with Gasteiger partial charge in [-0.05, 0) is 49.7 Å². The van der Waals surface area contributed by atoms with Crippen molar-refractivity contribution < 1.29 is 4.52 Å². The SMILES string of the molecule is Cc1noc(C)c1-c1cc(-c2ccc3nc(Cc4cc(CN5CCNCC5)ccn4)[nH]c3c2)ncn1. The predicted molar refractivity (Wildman–Crippen MR) is 137 cm³/mol. The van der Waals surface area contributed by atoms with Crippen LogP contribution in [-0.4, -0.2) is 61.2 Å². The van der Waals surface area contributed by atoms with E-state index in [1.165, 1.54) is 5.56 Å². The average molecular weight is 481 g/mol. The van der Waals surface area contributed by atoms with E-state index in [1.807, 2.05) is 38.2 Å². The number of aryl methyl sites for hydroxylation is 2. The largest absolute Gasteiger partial charge is 0.361 e. The number of nitrogens with one attached hydrogen (secondary N) is 2. The number of imidazole rings is 1. The zero-order valence-corrected chi connectivity index (χ0v) is 20.5. The molecule has 36 heavy (non-hydrogen) atoms. The fourth-order valence-electron chi connectivity index (χ4n) is 4.83. The van der Waals surface area contributed by atoms with Crippen LogP contribution in [0.15, 0.2) is 53.4 Å². The molecule has 1 aromatic carbocycles. The van der Waals surface area contributed by atoms with E-state index in [1.54, 1.807) is 6.33 Å². The third-order valence-electron chi connectivity index (χ3n) is 6.63. The molecular formula is C27H28N8O. The van der Waals surface area contributed by atoms with Crippen LogP contribution in [0.5, 0.6) is 0 Å². The van der Waals surface area contributed by atoms with Crippen molar-refractivity contribution in [2.75, 3.05) is 26.2 Å². The Kier molecular flexibility index (Phi) is 6.00. The number of fused-ring (bicyclic) bond motifs is 1. The van der Waals surface area contributed by atoms with E-state index in [4.69, 9.17) is 9.51 Å². The number of benzene rings is 1. The van der Waals surface area contributed by atoms with Crippen LogP contribution in [-0.2, 0) is 13.0 Å². The number of nitrogens with zero attached hydrogens (tertiary/aromatic N) is 6. The van der Waals surface area contributed by atoms with Gasteiger partial charge in [-0.2, -0.15) is 0 Å². The van der Waals surface area contributed by atoms with Gasteiger partial charge in [-0.3, -0.25) is 9.88 Å². The highest BCUT2D eigenvalue weighted by molar-refractivity contribution is 5.82. The Bertz CT molecular complexity index is 1500. The molecule has 1 aliphatic rings. The van der Waals surface area contributed by atoms with Crippen LogP contribution in [0.2, 0.25) is 0 Å². The van der Waals surface area contributed by atoms with Crippen molar-refractivity contribution in [2.24, 2.45) is 0 Å². The maximum Gasteiger partial charge on any atom is 0.143 e. The highest BCUT2D eigenvalue weighted by atomic mass is 16.5. The fraction of sp³-hybridized carbons (Fsp3) is 0.296. The van der Waals surface area contributed by atoms with Crippen LogP contribution in [0.25, 0.3) is 33.5 Å². The highest BCUT2D eigenvalue weighted by Gasteiger charge is 2.15. The van der Waals surface area contributed by atoms with Crippen molar-refractivity contribution in [1.82, 2.24) is 40.3 Å². The summed E-state index contributed by atoms with van der Waals surface area (Å²) in [6.45, 7) is 9.03. The summed E-state index contributed by atoms with van der Waals surface area (Å²) >= 11 is 0. The standard InChI is InChI=1S/C27H28N8O/c1-17-27(18(2)36-34-17)25-14-23(30-16-31-25)20-3-4-22-24(12-20)33-26(32-22)13-21-11-19(5-6-29-21)15-35-9-7-28-8-10-35/h3-6,11-12,14,16,28H,7-10,13,15H2,1-2H3,(H,32,33). The van der Waals surface area contributed by atoms with Crippen molar-refractivity contribution in [1.29, 1.82) is 0 Å². The summed E-state index contributed by atoms with van der Waals surface area (Å²) in [6, 6.07) is 12.4. The van der Waals surface area contributed by atoms with Gasteiger partial charge in [-0.1, -0.05) is 11.2 Å². The van der Waals surface area contributed by atoms with Gasteiger partial charge in [0.25, 0.3) is 0 Å². The number of piperazine rings is 1. The Morgan fingerprint density at radius 3 is 2.67 bits per heavy atom. The van der Waals surface area contributed by atoms with Crippen molar-refractivity contribution in [2.45, 2.75) is 26.8 Å². The Morgan fingerprint density at radius 1 is 0.972 bits per heavy atom. The number of aromatic nitrogens is 6. The van der Waals surface area contributed by atoms with E-state index in [2.05, 4.69) is 53.5 Å². The lowest BCUT2D eigenvalue weighted by molar-refractivity contribution is 0.233. The number of hydrogen-bond donors (Lipinski definition) is 2. The van der Waals surface area contributed by atoms with E-state index in [9.17, 15) is 0 Å². The number of aromatic amines is 1. The maximum absolute atomic E-state index is 5.32. The number of pyridine rings is 1. The second kappa shape index (κ2) is 9.60. The van der Waals surface area contributed by atoms with Crippen molar-refractivity contribution in [3.8, 4) is 22.5 Å². The molecule has 1 saturated heterocycles. The smallest absolute Gasteiger partial charge is 0.143 e. The maximum atomic E-state index is 5.32. The van der Waals surface area contributed by atoms with Crippen LogP contribution >= 0.6 is 0 Å². The molecule has 0 aliphatic carbocycles. The molecule has 0 unspecified atom stereocenters. The summed E-state index contributed by atoms with van der Waals surface area (Å²) in [5.74, 6) is 1.64. The Labute approximate surface area is 209 Å².